The van der Waals surface area contributed by atoms with Crippen molar-refractivity contribution >= 4 is 17.9 Å². The van der Waals surface area contributed by atoms with Crippen LogP contribution in [0.2, 0.25) is 0 Å². The van der Waals surface area contributed by atoms with Gasteiger partial charge in [0.2, 0.25) is 0 Å². The van der Waals surface area contributed by atoms with Crippen LogP contribution < -0.4 is 18.1 Å². The van der Waals surface area contributed by atoms with Crippen LogP contribution in [0.25, 0.3) is 0 Å². The van der Waals surface area contributed by atoms with Gasteiger partial charge in [-0.2, -0.15) is 0 Å². The molecule has 0 aromatic carbocycles. The van der Waals surface area contributed by atoms with Crippen LogP contribution in [0.5, 0.6) is 0 Å². The SMILES string of the molecule is [Cl-].[NH3+]CCCCC(C(=O)O)N(CC(=O)O)CC(=O)O. The lowest BCUT2D eigenvalue weighted by atomic mass is 10.1. The maximum Gasteiger partial charge on any atom is 0.320 e. The topological polar surface area (TPSA) is 143 Å². The van der Waals surface area contributed by atoms with E-state index in [0.717, 1.165) is 11.3 Å². The Morgan fingerprint density at radius 3 is 1.79 bits per heavy atom. The van der Waals surface area contributed by atoms with Crippen LogP contribution in [0.15, 0.2) is 0 Å². The molecule has 1 unspecified atom stereocenters. The normalized spacial score (nSPS) is 11.7. The molecule has 0 saturated heterocycles. The van der Waals surface area contributed by atoms with Crippen LogP contribution in [-0.2, 0) is 14.4 Å². The molecule has 0 aliphatic rings. The molecule has 19 heavy (non-hydrogen) atoms. The van der Waals surface area contributed by atoms with Crippen LogP contribution >= 0.6 is 0 Å². The third-order valence-corrected chi connectivity index (χ3v) is 2.38. The Hall–Kier alpha value is -1.38. The van der Waals surface area contributed by atoms with E-state index in [0.29, 0.717) is 13.0 Å². The van der Waals surface area contributed by atoms with Gasteiger partial charge in [0.25, 0.3) is 0 Å². The number of aliphatic carboxylic acids is 3. The summed E-state index contributed by atoms with van der Waals surface area (Å²) in [6.45, 7) is -0.550. The molecule has 0 heterocycles. The lowest BCUT2D eigenvalue weighted by Crippen LogP contribution is -3.00. The molecule has 0 aliphatic heterocycles. The number of quaternary nitrogens is 1. The minimum atomic E-state index is -1.25. The van der Waals surface area contributed by atoms with Gasteiger partial charge in [0.1, 0.15) is 6.04 Å². The Labute approximate surface area is 116 Å². The molecule has 0 radical (unpaired) electrons. The Bertz CT molecular complexity index is 296. The smallest absolute Gasteiger partial charge is 0.320 e. The minimum absolute atomic E-state index is 0. The average Bonchev–Trinajstić information content (AvgIpc) is 2.21. The first-order chi connectivity index (χ1) is 8.38. The second-order valence-electron chi connectivity index (χ2n) is 3.90. The van der Waals surface area contributed by atoms with Crippen molar-refractivity contribution in [3.05, 3.63) is 0 Å². The van der Waals surface area contributed by atoms with Crippen molar-refractivity contribution in [3.63, 3.8) is 0 Å². The zero-order valence-corrected chi connectivity index (χ0v) is 11.2. The third-order valence-electron chi connectivity index (χ3n) is 2.38. The van der Waals surface area contributed by atoms with Crippen LogP contribution in [0.4, 0.5) is 0 Å². The van der Waals surface area contributed by atoms with Crippen molar-refractivity contribution in [1.82, 2.24) is 4.90 Å². The number of carboxylic acids is 3. The van der Waals surface area contributed by atoms with E-state index < -0.39 is 37.0 Å². The molecular weight excluding hydrogens is 280 g/mol. The molecule has 0 aliphatic carbocycles. The Balaban J connectivity index is 0. The van der Waals surface area contributed by atoms with E-state index >= 15 is 0 Å². The summed E-state index contributed by atoms with van der Waals surface area (Å²) in [5.41, 5.74) is 3.62. The Morgan fingerprint density at radius 1 is 1.00 bits per heavy atom. The monoisotopic (exact) mass is 298 g/mol. The summed E-state index contributed by atoms with van der Waals surface area (Å²) in [5, 5.41) is 26.3. The zero-order valence-electron chi connectivity index (χ0n) is 10.4. The van der Waals surface area contributed by atoms with E-state index in [1.54, 1.807) is 0 Å². The number of hydrogen-bond donors (Lipinski definition) is 4. The number of nitrogens with zero attached hydrogens (tertiary/aromatic N) is 1. The second kappa shape index (κ2) is 10.5. The molecule has 0 saturated carbocycles. The molecule has 6 N–H and O–H groups in total. The van der Waals surface area contributed by atoms with Gasteiger partial charge >= 0.3 is 17.9 Å². The van der Waals surface area contributed by atoms with Gasteiger partial charge in [-0.15, -0.1) is 0 Å². The van der Waals surface area contributed by atoms with Crippen LogP contribution in [0, 0.1) is 0 Å². The molecule has 8 nitrogen and oxygen atoms in total. The molecule has 0 spiro atoms. The number of carbonyl (C=O) groups is 3. The van der Waals surface area contributed by atoms with Gasteiger partial charge in [0.15, 0.2) is 0 Å². The van der Waals surface area contributed by atoms with E-state index in [-0.39, 0.29) is 18.8 Å². The Kier molecular flexibility index (Phi) is 11.1. The molecule has 0 aromatic heterocycles. The fraction of sp³-hybridized carbons (Fsp3) is 0.700. The quantitative estimate of drug-likeness (QED) is 0.297. The van der Waals surface area contributed by atoms with Crippen molar-refractivity contribution in [1.29, 1.82) is 0 Å². The van der Waals surface area contributed by atoms with Gasteiger partial charge in [-0.05, 0) is 19.3 Å². The Morgan fingerprint density at radius 2 is 1.47 bits per heavy atom. The molecule has 0 rings (SSSR count). The average molecular weight is 299 g/mol. The summed E-state index contributed by atoms with van der Waals surface area (Å²) >= 11 is 0. The van der Waals surface area contributed by atoms with Gasteiger partial charge in [-0.3, -0.25) is 19.3 Å². The number of carboxylic acid groups (broad SMARTS) is 3. The zero-order chi connectivity index (χ0) is 14.1. The van der Waals surface area contributed by atoms with Crippen LogP contribution in [-0.4, -0.2) is 63.8 Å². The van der Waals surface area contributed by atoms with Crippen molar-refractivity contribution in [2.24, 2.45) is 0 Å². The van der Waals surface area contributed by atoms with E-state index in [1.807, 2.05) is 0 Å². The van der Waals surface area contributed by atoms with Crippen molar-refractivity contribution in [2.75, 3.05) is 19.6 Å². The second-order valence-corrected chi connectivity index (χ2v) is 3.90. The molecule has 0 bridgehead atoms. The third kappa shape index (κ3) is 9.23. The van der Waals surface area contributed by atoms with Crippen molar-refractivity contribution in [2.45, 2.75) is 25.3 Å². The number of rotatable bonds is 10. The molecule has 0 amide bonds. The minimum Gasteiger partial charge on any atom is -1.00 e. The molecule has 112 valence electrons. The predicted molar refractivity (Wildman–Crippen MR) is 59.9 cm³/mol. The fourth-order valence-corrected chi connectivity index (χ4v) is 1.60. The maximum absolute atomic E-state index is 11.1. The molecule has 9 heteroatoms. The standard InChI is InChI=1S/C10H18N2O6.ClH/c11-4-2-1-3-7(10(17)18)12(5-8(13)14)6-9(15)16;/h7H,1-6,11H2,(H,13,14)(H,15,16)(H,17,18);1H. The summed E-state index contributed by atoms with van der Waals surface area (Å²) in [6.07, 6.45) is 1.50. The first-order valence-corrected chi connectivity index (χ1v) is 5.58. The van der Waals surface area contributed by atoms with Gasteiger partial charge in [0.05, 0.1) is 19.6 Å². The highest BCUT2D eigenvalue weighted by molar-refractivity contribution is 5.78. The number of unbranched alkanes of at least 4 members (excludes halogenated alkanes) is 1. The van der Waals surface area contributed by atoms with E-state index in [9.17, 15) is 14.4 Å². The van der Waals surface area contributed by atoms with Crippen molar-refractivity contribution in [3.8, 4) is 0 Å². The van der Waals surface area contributed by atoms with Crippen molar-refractivity contribution < 1.29 is 47.8 Å². The lowest BCUT2D eigenvalue weighted by molar-refractivity contribution is -0.368. The van der Waals surface area contributed by atoms with E-state index in [2.05, 4.69) is 5.73 Å². The first-order valence-electron chi connectivity index (χ1n) is 5.58. The van der Waals surface area contributed by atoms with Gasteiger partial charge in [0, 0.05) is 0 Å². The van der Waals surface area contributed by atoms with Gasteiger partial charge in [-0.25, -0.2) is 0 Å². The highest BCUT2D eigenvalue weighted by atomic mass is 35.5. The molecule has 1 atom stereocenters. The van der Waals surface area contributed by atoms with E-state index in [1.165, 1.54) is 0 Å². The van der Waals surface area contributed by atoms with E-state index in [4.69, 9.17) is 15.3 Å². The van der Waals surface area contributed by atoms with Crippen LogP contribution in [0.1, 0.15) is 19.3 Å². The summed E-state index contributed by atoms with van der Waals surface area (Å²) < 4.78 is 0. The molecule has 0 aromatic rings. The molecule has 0 fully saturated rings. The van der Waals surface area contributed by atoms with Gasteiger partial charge < -0.3 is 33.5 Å². The lowest BCUT2D eigenvalue weighted by Gasteiger charge is -2.25. The highest BCUT2D eigenvalue weighted by Crippen LogP contribution is 2.09. The largest absolute Gasteiger partial charge is 1.00 e. The molecular formula is C10H19ClN2O6. The summed E-state index contributed by atoms with van der Waals surface area (Å²) in [6, 6.07) is -1.09. The summed E-state index contributed by atoms with van der Waals surface area (Å²) in [4.78, 5) is 33.2. The van der Waals surface area contributed by atoms with Gasteiger partial charge in [-0.1, -0.05) is 0 Å². The predicted octanol–water partition coefficient (Wildman–Crippen LogP) is -4.67. The summed E-state index contributed by atoms with van der Waals surface area (Å²) in [7, 11) is 0. The first kappa shape index (κ1) is 19.9. The number of halogens is 1. The summed E-state index contributed by atoms with van der Waals surface area (Å²) in [5.74, 6) is -3.71. The number of hydrogen-bond acceptors (Lipinski definition) is 4. The maximum atomic E-state index is 11.1. The van der Waals surface area contributed by atoms with Crippen LogP contribution in [0.3, 0.4) is 0 Å². The highest BCUT2D eigenvalue weighted by Gasteiger charge is 2.28. The fourth-order valence-electron chi connectivity index (χ4n) is 1.60.